The molecule has 0 bridgehead atoms. The fourth-order valence-corrected chi connectivity index (χ4v) is 1.95. The molecule has 5 heteroatoms. The van der Waals surface area contributed by atoms with Crippen molar-refractivity contribution in [2.24, 2.45) is 4.99 Å². The van der Waals surface area contributed by atoms with E-state index < -0.39 is 0 Å². The summed E-state index contributed by atoms with van der Waals surface area (Å²) >= 11 is 0. The molecule has 0 atom stereocenters. The van der Waals surface area contributed by atoms with Crippen LogP contribution < -0.4 is 10.6 Å². The van der Waals surface area contributed by atoms with Crippen LogP contribution in [0.1, 0.15) is 38.3 Å². The van der Waals surface area contributed by atoms with Crippen LogP contribution in [-0.4, -0.2) is 33.3 Å². The molecule has 0 heterocycles. The molecule has 22 heavy (non-hydrogen) atoms. The highest BCUT2D eigenvalue weighted by atomic mass is 127. The normalized spacial score (nSPS) is 11.8. The van der Waals surface area contributed by atoms with Crippen LogP contribution >= 0.6 is 24.0 Å². The molecule has 1 aromatic carbocycles. The Morgan fingerprint density at radius 3 is 2.27 bits per heavy atom. The molecule has 0 saturated carbocycles. The predicted octanol–water partition coefficient (Wildman–Crippen LogP) is 3.30. The van der Waals surface area contributed by atoms with E-state index in [-0.39, 0.29) is 29.4 Å². The average Bonchev–Trinajstić information content (AvgIpc) is 2.46. The van der Waals surface area contributed by atoms with Gasteiger partial charge in [-0.1, -0.05) is 45.0 Å². The number of nitrogens with one attached hydrogen (secondary N) is 2. The maximum Gasteiger partial charge on any atom is 0.191 e. The molecule has 126 valence electrons. The Labute approximate surface area is 152 Å². The maximum absolute atomic E-state index is 5.02. The van der Waals surface area contributed by atoms with Crippen LogP contribution in [-0.2, 0) is 16.7 Å². The van der Waals surface area contributed by atoms with E-state index in [1.54, 1.807) is 14.2 Å². The van der Waals surface area contributed by atoms with Crippen LogP contribution in [0, 0.1) is 0 Å². The lowest BCUT2D eigenvalue weighted by atomic mass is 9.87. The lowest BCUT2D eigenvalue weighted by Crippen LogP contribution is -2.37. The summed E-state index contributed by atoms with van der Waals surface area (Å²) in [7, 11) is 3.50. The number of aliphatic imine (C=N–C) groups is 1. The number of nitrogens with zero attached hydrogens (tertiary/aromatic N) is 1. The number of rotatable bonds is 6. The first-order chi connectivity index (χ1) is 9.97. The van der Waals surface area contributed by atoms with Gasteiger partial charge in [0.1, 0.15) is 0 Å². The predicted molar refractivity (Wildman–Crippen MR) is 105 cm³/mol. The SMILES string of the molecule is CN=C(NCCCOC)NCc1ccc(C(C)(C)C)cc1.I. The van der Waals surface area contributed by atoms with E-state index in [4.69, 9.17) is 4.74 Å². The number of guanidine groups is 1. The summed E-state index contributed by atoms with van der Waals surface area (Å²) in [5.41, 5.74) is 2.81. The van der Waals surface area contributed by atoms with Crippen molar-refractivity contribution in [2.75, 3.05) is 27.3 Å². The van der Waals surface area contributed by atoms with Crippen molar-refractivity contribution in [3.8, 4) is 0 Å². The summed E-state index contributed by atoms with van der Waals surface area (Å²) < 4.78 is 5.02. The molecule has 0 aromatic heterocycles. The minimum atomic E-state index is 0. The van der Waals surface area contributed by atoms with Crippen molar-refractivity contribution < 1.29 is 4.74 Å². The molecule has 1 rings (SSSR count). The molecular weight excluding hydrogens is 389 g/mol. The highest BCUT2D eigenvalue weighted by Crippen LogP contribution is 2.22. The van der Waals surface area contributed by atoms with E-state index in [2.05, 4.69) is 60.7 Å². The van der Waals surface area contributed by atoms with Gasteiger partial charge in [0.25, 0.3) is 0 Å². The zero-order valence-electron chi connectivity index (χ0n) is 14.4. The second-order valence-corrected chi connectivity index (χ2v) is 6.15. The van der Waals surface area contributed by atoms with E-state index in [1.165, 1.54) is 11.1 Å². The van der Waals surface area contributed by atoms with Gasteiger partial charge in [-0.3, -0.25) is 4.99 Å². The summed E-state index contributed by atoms with van der Waals surface area (Å²) in [6, 6.07) is 8.75. The van der Waals surface area contributed by atoms with Crippen molar-refractivity contribution in [3.05, 3.63) is 35.4 Å². The zero-order valence-corrected chi connectivity index (χ0v) is 16.7. The van der Waals surface area contributed by atoms with E-state index in [0.717, 1.165) is 32.1 Å². The zero-order chi connectivity index (χ0) is 15.7. The molecule has 0 unspecified atom stereocenters. The minimum Gasteiger partial charge on any atom is -0.385 e. The largest absolute Gasteiger partial charge is 0.385 e. The standard InChI is InChI=1S/C17H29N3O.HI/c1-17(2,3)15-9-7-14(8-10-15)13-20-16(18-4)19-11-6-12-21-5;/h7-10H,6,11-13H2,1-5H3,(H2,18,19,20);1H. The third-order valence-corrected chi connectivity index (χ3v) is 3.32. The quantitative estimate of drug-likeness (QED) is 0.322. The number of hydrogen-bond acceptors (Lipinski definition) is 2. The van der Waals surface area contributed by atoms with Gasteiger partial charge in [-0.25, -0.2) is 0 Å². The van der Waals surface area contributed by atoms with Gasteiger partial charge in [0.2, 0.25) is 0 Å². The topological polar surface area (TPSA) is 45.7 Å². The van der Waals surface area contributed by atoms with E-state index in [9.17, 15) is 0 Å². The Morgan fingerprint density at radius 1 is 1.14 bits per heavy atom. The molecule has 0 saturated heterocycles. The van der Waals surface area contributed by atoms with Crippen LogP contribution in [0.4, 0.5) is 0 Å². The summed E-state index contributed by atoms with van der Waals surface area (Å²) in [4.78, 5) is 4.21. The van der Waals surface area contributed by atoms with Gasteiger partial charge in [-0.05, 0) is 23.0 Å². The molecule has 0 spiro atoms. The maximum atomic E-state index is 5.02. The fourth-order valence-electron chi connectivity index (χ4n) is 1.95. The molecule has 0 aliphatic heterocycles. The van der Waals surface area contributed by atoms with Crippen molar-refractivity contribution in [2.45, 2.75) is 39.2 Å². The molecular formula is C17H30IN3O. The number of methoxy groups -OCH3 is 1. The van der Waals surface area contributed by atoms with Crippen LogP contribution in [0.5, 0.6) is 0 Å². The van der Waals surface area contributed by atoms with Gasteiger partial charge >= 0.3 is 0 Å². The van der Waals surface area contributed by atoms with Crippen LogP contribution in [0.2, 0.25) is 0 Å². The van der Waals surface area contributed by atoms with Gasteiger partial charge in [-0.15, -0.1) is 24.0 Å². The Morgan fingerprint density at radius 2 is 1.77 bits per heavy atom. The third kappa shape index (κ3) is 7.98. The Kier molecular flexibility index (Phi) is 10.4. The van der Waals surface area contributed by atoms with Gasteiger partial charge in [0, 0.05) is 33.9 Å². The van der Waals surface area contributed by atoms with E-state index in [0.29, 0.717) is 0 Å². The van der Waals surface area contributed by atoms with Crippen LogP contribution in [0.15, 0.2) is 29.3 Å². The smallest absolute Gasteiger partial charge is 0.191 e. The lowest BCUT2D eigenvalue weighted by Gasteiger charge is -2.19. The number of halogens is 1. The first-order valence-corrected chi connectivity index (χ1v) is 7.50. The molecule has 2 N–H and O–H groups in total. The van der Waals surface area contributed by atoms with Gasteiger partial charge in [-0.2, -0.15) is 0 Å². The Balaban J connectivity index is 0.00000441. The first kappa shape index (κ1) is 21.2. The van der Waals surface area contributed by atoms with E-state index >= 15 is 0 Å². The van der Waals surface area contributed by atoms with Crippen molar-refractivity contribution in [3.63, 3.8) is 0 Å². The Bertz CT molecular complexity index is 438. The monoisotopic (exact) mass is 419 g/mol. The minimum absolute atomic E-state index is 0. The van der Waals surface area contributed by atoms with Crippen molar-refractivity contribution in [1.29, 1.82) is 0 Å². The summed E-state index contributed by atoms with van der Waals surface area (Å²) in [6.07, 6.45) is 0.970. The summed E-state index contributed by atoms with van der Waals surface area (Å²) in [6.45, 7) is 9.08. The summed E-state index contributed by atoms with van der Waals surface area (Å²) in [5.74, 6) is 0.825. The van der Waals surface area contributed by atoms with Gasteiger partial charge in [0.05, 0.1) is 0 Å². The fraction of sp³-hybridized carbons (Fsp3) is 0.588. The molecule has 0 amide bonds. The van der Waals surface area contributed by atoms with Crippen molar-refractivity contribution in [1.82, 2.24) is 10.6 Å². The first-order valence-electron chi connectivity index (χ1n) is 7.50. The highest BCUT2D eigenvalue weighted by molar-refractivity contribution is 14.0. The molecule has 4 nitrogen and oxygen atoms in total. The van der Waals surface area contributed by atoms with Gasteiger partial charge in [0.15, 0.2) is 5.96 Å². The average molecular weight is 419 g/mol. The number of ether oxygens (including phenoxy) is 1. The molecule has 0 aliphatic carbocycles. The molecule has 0 radical (unpaired) electrons. The second kappa shape index (κ2) is 10.8. The molecule has 0 fully saturated rings. The van der Waals surface area contributed by atoms with Crippen molar-refractivity contribution >= 4 is 29.9 Å². The lowest BCUT2D eigenvalue weighted by molar-refractivity contribution is 0.195. The second-order valence-electron chi connectivity index (χ2n) is 6.15. The van der Waals surface area contributed by atoms with Crippen LogP contribution in [0.25, 0.3) is 0 Å². The van der Waals surface area contributed by atoms with Crippen LogP contribution in [0.3, 0.4) is 0 Å². The summed E-state index contributed by atoms with van der Waals surface area (Å²) in [5, 5.41) is 6.59. The third-order valence-electron chi connectivity index (χ3n) is 3.32. The Hall–Kier alpha value is -0.820. The number of benzene rings is 1. The molecule has 1 aromatic rings. The van der Waals surface area contributed by atoms with Gasteiger partial charge < -0.3 is 15.4 Å². The highest BCUT2D eigenvalue weighted by Gasteiger charge is 2.12. The van der Waals surface area contributed by atoms with E-state index in [1.807, 2.05) is 0 Å². The number of hydrogen-bond donors (Lipinski definition) is 2. The molecule has 0 aliphatic rings.